The second-order valence-electron chi connectivity index (χ2n) is 7.06. The van der Waals surface area contributed by atoms with Crippen LogP contribution in [0.4, 0.5) is 11.6 Å². The molecule has 4 rings (SSSR count). The van der Waals surface area contributed by atoms with Gasteiger partial charge < -0.3 is 15.6 Å². The predicted molar refractivity (Wildman–Crippen MR) is 106 cm³/mol. The number of nitrogens with one attached hydrogen (secondary N) is 3. The van der Waals surface area contributed by atoms with E-state index in [1.807, 2.05) is 16.7 Å². The van der Waals surface area contributed by atoms with Gasteiger partial charge in [-0.15, -0.1) is 0 Å². The number of anilines is 2. The van der Waals surface area contributed by atoms with Crippen LogP contribution in [0.3, 0.4) is 0 Å². The zero-order valence-corrected chi connectivity index (χ0v) is 15.7. The third kappa shape index (κ3) is 3.50. The smallest absolute Gasteiger partial charge is 0.305 e. The van der Waals surface area contributed by atoms with Crippen molar-refractivity contribution in [3.8, 4) is 0 Å². The van der Waals surface area contributed by atoms with E-state index >= 15 is 0 Å². The first kappa shape index (κ1) is 16.8. The molecule has 0 radical (unpaired) electrons. The van der Waals surface area contributed by atoms with Gasteiger partial charge in [-0.3, -0.25) is 4.79 Å². The number of H-pyrrole nitrogens is 1. The molecule has 136 valence electrons. The van der Waals surface area contributed by atoms with Crippen LogP contribution >= 0.6 is 11.3 Å². The molecule has 0 saturated heterocycles. The van der Waals surface area contributed by atoms with Gasteiger partial charge in [0.1, 0.15) is 11.6 Å². The standard InChI is InChI=1S/C18H22N6OS/c1-10(2)8-19-15-7-16(22-13-4-5-13)24-17(23-15)12(9-20-24)6-14-11(3)21-18(25)26-14/h6-7,9-10,13,22H,3-5,8H2,1-2H3,(H,19,23)(H,21,25)/b14-6-. The average Bonchev–Trinajstić information content (AvgIpc) is 3.22. The van der Waals surface area contributed by atoms with Gasteiger partial charge in [-0.2, -0.15) is 9.61 Å². The van der Waals surface area contributed by atoms with E-state index in [-0.39, 0.29) is 4.87 Å². The first-order valence-electron chi connectivity index (χ1n) is 8.78. The highest BCUT2D eigenvalue weighted by molar-refractivity contribution is 7.07. The lowest BCUT2D eigenvalue weighted by Gasteiger charge is -2.12. The first-order chi connectivity index (χ1) is 12.5. The van der Waals surface area contributed by atoms with Gasteiger partial charge in [0.2, 0.25) is 0 Å². The summed E-state index contributed by atoms with van der Waals surface area (Å²) in [5.41, 5.74) is 1.61. The molecular weight excluding hydrogens is 348 g/mol. The van der Waals surface area contributed by atoms with Gasteiger partial charge in [-0.1, -0.05) is 31.8 Å². The lowest BCUT2D eigenvalue weighted by molar-refractivity contribution is 0.687. The molecule has 0 bridgehead atoms. The van der Waals surface area contributed by atoms with Crippen LogP contribution in [0.25, 0.3) is 18.3 Å². The molecule has 0 atom stereocenters. The molecule has 1 saturated carbocycles. The molecule has 0 spiro atoms. The maximum absolute atomic E-state index is 11.5. The maximum atomic E-state index is 11.5. The van der Waals surface area contributed by atoms with Gasteiger partial charge in [0.05, 0.1) is 16.1 Å². The van der Waals surface area contributed by atoms with Crippen molar-refractivity contribution in [1.29, 1.82) is 0 Å². The van der Waals surface area contributed by atoms with Crippen molar-refractivity contribution in [3.63, 3.8) is 0 Å². The first-order valence-corrected chi connectivity index (χ1v) is 9.60. The molecule has 7 nitrogen and oxygen atoms in total. The molecule has 0 amide bonds. The molecule has 0 aliphatic heterocycles. The van der Waals surface area contributed by atoms with Gasteiger partial charge in [0.25, 0.3) is 0 Å². The largest absolute Gasteiger partial charge is 0.370 e. The topological polar surface area (TPSA) is 87.1 Å². The average molecular weight is 370 g/mol. The van der Waals surface area contributed by atoms with Crippen LogP contribution < -0.4 is 25.4 Å². The van der Waals surface area contributed by atoms with Gasteiger partial charge in [0.15, 0.2) is 5.65 Å². The molecule has 0 unspecified atom stereocenters. The van der Waals surface area contributed by atoms with E-state index in [2.05, 4.69) is 41.1 Å². The second-order valence-corrected chi connectivity index (χ2v) is 8.07. The van der Waals surface area contributed by atoms with E-state index in [9.17, 15) is 4.79 Å². The molecule has 1 fully saturated rings. The summed E-state index contributed by atoms with van der Waals surface area (Å²) in [4.78, 5) is 18.9. The molecule has 26 heavy (non-hydrogen) atoms. The highest BCUT2D eigenvalue weighted by atomic mass is 32.1. The van der Waals surface area contributed by atoms with Crippen molar-refractivity contribution in [2.24, 2.45) is 5.92 Å². The minimum absolute atomic E-state index is 0.110. The van der Waals surface area contributed by atoms with Crippen molar-refractivity contribution in [2.75, 3.05) is 17.2 Å². The van der Waals surface area contributed by atoms with Gasteiger partial charge in [0, 0.05) is 24.2 Å². The van der Waals surface area contributed by atoms with Crippen molar-refractivity contribution < 1.29 is 0 Å². The number of thiazole rings is 1. The summed E-state index contributed by atoms with van der Waals surface area (Å²) in [7, 11) is 0. The number of hydrogen-bond donors (Lipinski definition) is 3. The van der Waals surface area contributed by atoms with Crippen LogP contribution in [-0.2, 0) is 0 Å². The number of aromatic nitrogens is 4. The van der Waals surface area contributed by atoms with E-state index in [0.717, 1.165) is 45.3 Å². The van der Waals surface area contributed by atoms with Crippen LogP contribution in [0.15, 0.2) is 17.1 Å². The fourth-order valence-electron chi connectivity index (χ4n) is 2.65. The minimum atomic E-state index is -0.110. The summed E-state index contributed by atoms with van der Waals surface area (Å²) >= 11 is 1.14. The molecule has 3 N–H and O–H groups in total. The fourth-order valence-corrected chi connectivity index (χ4v) is 3.38. The van der Waals surface area contributed by atoms with E-state index < -0.39 is 0 Å². The Morgan fingerprint density at radius 3 is 2.96 bits per heavy atom. The fraction of sp³-hybridized carbons (Fsp3) is 0.389. The number of hydrogen-bond acceptors (Lipinski definition) is 6. The Hall–Kier alpha value is -2.61. The Bertz CT molecular complexity index is 1110. The summed E-state index contributed by atoms with van der Waals surface area (Å²) in [6.07, 6.45) is 6.05. The molecule has 1 aliphatic rings. The normalized spacial score (nSPS) is 15.1. The predicted octanol–water partition coefficient (Wildman–Crippen LogP) is 1.36. The van der Waals surface area contributed by atoms with Crippen LogP contribution in [0, 0.1) is 5.92 Å². The maximum Gasteiger partial charge on any atom is 0.305 e. The van der Waals surface area contributed by atoms with Crippen LogP contribution in [0.5, 0.6) is 0 Å². The quantitative estimate of drug-likeness (QED) is 0.610. The van der Waals surface area contributed by atoms with Crippen LogP contribution in [0.1, 0.15) is 32.3 Å². The Morgan fingerprint density at radius 1 is 1.50 bits per heavy atom. The summed E-state index contributed by atoms with van der Waals surface area (Å²) < 4.78 is 2.62. The zero-order chi connectivity index (χ0) is 18.3. The van der Waals surface area contributed by atoms with E-state index in [1.165, 1.54) is 12.8 Å². The SMILES string of the molecule is C=c1[nH]c(=O)s/c1=C\c1cnn2c(NC3CC3)cc(NCC(C)C)nc12. The zero-order valence-electron chi connectivity index (χ0n) is 14.9. The van der Waals surface area contributed by atoms with Gasteiger partial charge in [-0.05, 0) is 24.8 Å². The van der Waals surface area contributed by atoms with Crippen molar-refractivity contribution in [2.45, 2.75) is 32.7 Å². The van der Waals surface area contributed by atoms with E-state index in [1.54, 1.807) is 6.20 Å². The summed E-state index contributed by atoms with van der Waals surface area (Å²) in [5.74, 6) is 2.27. The lowest BCUT2D eigenvalue weighted by atomic mass is 10.2. The van der Waals surface area contributed by atoms with Crippen LogP contribution in [-0.4, -0.2) is 32.2 Å². The number of fused-ring (bicyclic) bond motifs is 1. The number of nitrogens with zero attached hydrogens (tertiary/aromatic N) is 3. The van der Waals surface area contributed by atoms with Crippen molar-refractivity contribution in [3.05, 3.63) is 37.4 Å². The molecule has 8 heteroatoms. The Kier molecular flexibility index (Phi) is 4.28. The highest BCUT2D eigenvalue weighted by Crippen LogP contribution is 2.27. The monoisotopic (exact) mass is 370 g/mol. The minimum Gasteiger partial charge on any atom is -0.370 e. The summed E-state index contributed by atoms with van der Waals surface area (Å²) in [6, 6.07) is 2.52. The lowest BCUT2D eigenvalue weighted by Crippen LogP contribution is -2.19. The molecule has 0 aromatic carbocycles. The highest BCUT2D eigenvalue weighted by Gasteiger charge is 2.23. The van der Waals surface area contributed by atoms with E-state index in [0.29, 0.717) is 17.3 Å². The molecule has 3 aromatic heterocycles. The Labute approximate surface area is 154 Å². The summed E-state index contributed by atoms with van der Waals surface area (Å²) in [6.45, 7) is 9.06. The summed E-state index contributed by atoms with van der Waals surface area (Å²) in [5, 5.41) is 12.0. The van der Waals surface area contributed by atoms with Crippen LogP contribution in [0.2, 0.25) is 0 Å². The van der Waals surface area contributed by atoms with Crippen molar-refractivity contribution in [1.82, 2.24) is 19.6 Å². The Balaban J connectivity index is 1.82. The third-order valence-corrected chi connectivity index (χ3v) is 5.03. The molecule has 3 heterocycles. The van der Waals surface area contributed by atoms with Gasteiger partial charge in [-0.25, -0.2) is 4.98 Å². The van der Waals surface area contributed by atoms with Crippen molar-refractivity contribution >= 4 is 41.3 Å². The second kappa shape index (κ2) is 6.60. The third-order valence-electron chi connectivity index (χ3n) is 4.16. The molecule has 3 aromatic rings. The molecule has 1 aliphatic carbocycles. The number of rotatable bonds is 6. The van der Waals surface area contributed by atoms with E-state index in [4.69, 9.17) is 4.98 Å². The number of aromatic amines is 1. The van der Waals surface area contributed by atoms with Gasteiger partial charge >= 0.3 is 4.87 Å². The molecular formula is C18H22N6OS. The Morgan fingerprint density at radius 2 is 2.31 bits per heavy atom.